The van der Waals surface area contributed by atoms with Crippen LogP contribution in [0.4, 0.5) is 0 Å². The zero-order valence-electron chi connectivity index (χ0n) is 18.0. The molecule has 16 nitrogen and oxygen atoms in total. The zero-order valence-corrected chi connectivity index (χ0v) is 19.8. The summed E-state index contributed by atoms with van der Waals surface area (Å²) in [6.07, 6.45) is -3.85. The molecule has 194 valence electrons. The van der Waals surface area contributed by atoms with Gasteiger partial charge in [0.25, 0.3) is 5.56 Å². The number of nitrogens with one attached hydrogen (secondary N) is 2. The fourth-order valence-electron chi connectivity index (χ4n) is 2.98. The summed E-state index contributed by atoms with van der Waals surface area (Å²) in [5, 5.41) is 23.1. The summed E-state index contributed by atoms with van der Waals surface area (Å²) in [5.41, 5.74) is -1.66. The van der Waals surface area contributed by atoms with Crippen molar-refractivity contribution in [2.75, 3.05) is 20.2 Å². The van der Waals surface area contributed by atoms with Gasteiger partial charge in [0.15, 0.2) is 6.23 Å². The summed E-state index contributed by atoms with van der Waals surface area (Å²) in [6.45, 7) is -0.208. The number of carbonyl (C=O) groups excluding carboxylic acids is 1. The van der Waals surface area contributed by atoms with Gasteiger partial charge in [-0.1, -0.05) is 6.42 Å². The summed E-state index contributed by atoms with van der Waals surface area (Å²) in [4.78, 5) is 55.9. The number of hydrogen-bond donors (Lipinski definition) is 6. The van der Waals surface area contributed by atoms with E-state index in [1.54, 1.807) is 7.05 Å². The first kappa shape index (κ1) is 28.5. The zero-order chi connectivity index (χ0) is 25.5. The average molecular weight is 531 g/mol. The van der Waals surface area contributed by atoms with Crippen LogP contribution in [-0.4, -0.2) is 74.0 Å². The summed E-state index contributed by atoms with van der Waals surface area (Å²) < 4.78 is 42.7. The minimum absolute atomic E-state index is 0.223. The molecule has 0 saturated carbocycles. The fraction of sp³-hybridized carbons (Fsp3) is 0.688. The monoisotopic (exact) mass is 531 g/mol. The van der Waals surface area contributed by atoms with E-state index in [2.05, 4.69) is 18.7 Å². The Morgan fingerprint density at radius 3 is 2.53 bits per heavy atom. The van der Waals surface area contributed by atoms with Gasteiger partial charge in [0, 0.05) is 18.7 Å². The molecule has 3 unspecified atom stereocenters. The van der Waals surface area contributed by atoms with E-state index < -0.39 is 64.0 Å². The van der Waals surface area contributed by atoms with Gasteiger partial charge in [-0.2, -0.15) is 4.31 Å². The van der Waals surface area contributed by atoms with E-state index in [1.165, 1.54) is 0 Å². The van der Waals surface area contributed by atoms with Gasteiger partial charge in [-0.25, -0.2) is 13.9 Å². The third-order valence-corrected chi connectivity index (χ3v) is 7.16. The van der Waals surface area contributed by atoms with Crippen LogP contribution < -0.4 is 16.6 Å². The van der Waals surface area contributed by atoms with Crippen LogP contribution in [-0.2, 0) is 32.0 Å². The van der Waals surface area contributed by atoms with Crippen LogP contribution in [0.5, 0.6) is 0 Å². The predicted molar refractivity (Wildman–Crippen MR) is 112 cm³/mol. The minimum atomic E-state index is -5.32. The smallest absolute Gasteiger partial charge is 0.387 e. The highest BCUT2D eigenvalue weighted by atomic mass is 31.3. The number of aliphatic hydroxyl groups excluding tert-OH is 2. The van der Waals surface area contributed by atoms with E-state index in [4.69, 9.17) is 4.74 Å². The number of aliphatic hydroxyl groups is 2. The number of ether oxygens (including phenoxy) is 1. The van der Waals surface area contributed by atoms with Crippen molar-refractivity contribution in [1.29, 1.82) is 0 Å². The molecule has 2 rings (SSSR count). The molecule has 18 heteroatoms. The fourth-order valence-corrected chi connectivity index (χ4v) is 5.03. The highest BCUT2D eigenvalue weighted by molar-refractivity contribution is 7.61. The first-order chi connectivity index (χ1) is 15.8. The molecule has 1 fully saturated rings. The normalized spacial score (nSPS) is 26.0. The second-order valence-corrected chi connectivity index (χ2v) is 10.2. The van der Waals surface area contributed by atoms with Gasteiger partial charge < -0.3 is 29.7 Å². The second kappa shape index (κ2) is 12.3. The highest BCUT2D eigenvalue weighted by Gasteiger charge is 2.46. The van der Waals surface area contributed by atoms with Crippen molar-refractivity contribution in [2.45, 2.75) is 50.2 Å². The summed E-state index contributed by atoms with van der Waals surface area (Å²) >= 11 is 0. The van der Waals surface area contributed by atoms with Crippen molar-refractivity contribution in [2.24, 2.45) is 0 Å². The molecule has 34 heavy (non-hydrogen) atoms. The molecular weight excluding hydrogens is 504 g/mol. The Hall–Kier alpha value is -1.71. The van der Waals surface area contributed by atoms with Crippen molar-refractivity contribution in [3.05, 3.63) is 33.1 Å². The third-order valence-electron chi connectivity index (χ3n) is 4.60. The quantitative estimate of drug-likeness (QED) is 0.128. The lowest BCUT2D eigenvalue weighted by Crippen LogP contribution is -2.37. The first-order valence-electron chi connectivity index (χ1n) is 10.1. The molecule has 0 aromatic carbocycles. The lowest BCUT2D eigenvalue weighted by atomic mass is 10.1. The maximum absolute atomic E-state index is 12.0. The number of nitrogens with zero attached hydrogens (tertiary/aromatic N) is 1. The molecule has 1 aliphatic heterocycles. The number of hydrogen-bond acceptors (Lipinski definition) is 12. The number of unbranched alkanes of at least 4 members (excludes halogenated alkanes) is 2. The number of phosphoric acid groups is 2. The van der Waals surface area contributed by atoms with Crippen molar-refractivity contribution >= 4 is 21.6 Å². The molecule has 6 N–H and O–H groups in total. The van der Waals surface area contributed by atoms with Crippen molar-refractivity contribution in [1.82, 2.24) is 14.9 Å². The van der Waals surface area contributed by atoms with Crippen molar-refractivity contribution in [3.63, 3.8) is 0 Å². The molecular formula is C16H27N3O13P2. The molecule has 0 amide bonds. The predicted octanol–water partition coefficient (Wildman–Crippen LogP) is -1.29. The molecule has 0 spiro atoms. The maximum atomic E-state index is 12.0. The Morgan fingerprint density at radius 1 is 1.18 bits per heavy atom. The maximum Gasteiger partial charge on any atom is 0.538 e. The largest absolute Gasteiger partial charge is 0.538 e. The van der Waals surface area contributed by atoms with Gasteiger partial charge in [-0.15, -0.1) is 0 Å². The van der Waals surface area contributed by atoms with Crippen LogP contribution in [0.15, 0.2) is 21.9 Å². The highest BCUT2D eigenvalue weighted by Crippen LogP contribution is 2.60. The molecule has 1 aromatic heterocycles. The van der Waals surface area contributed by atoms with Crippen LogP contribution in [0.1, 0.15) is 31.9 Å². The van der Waals surface area contributed by atoms with E-state index in [0.29, 0.717) is 12.8 Å². The standard InChI is InChI=1S/C16H27N3O13P2/c1-17-7-4-2-3-5-12(21)31-34(27,28)32-33(25,26)29-9-10-13(22)14(23)15(30-10)19-8-6-11(20)18-16(19)24/h6,8,10,13-15,17,22-23H,2-5,7,9H2,1H3,(H,25,26)(H,27,28)(H,18,20,24)/t10-,13?,14+,15-/m1/s1. The molecule has 1 aliphatic rings. The second-order valence-electron chi connectivity index (χ2n) is 7.26. The Morgan fingerprint density at radius 2 is 1.88 bits per heavy atom. The van der Waals surface area contributed by atoms with Crippen LogP contribution in [0.3, 0.4) is 0 Å². The summed E-state index contributed by atoms with van der Waals surface area (Å²) in [7, 11) is -8.87. The number of rotatable bonds is 13. The molecule has 0 radical (unpaired) electrons. The van der Waals surface area contributed by atoms with Gasteiger partial charge >= 0.3 is 27.3 Å². The van der Waals surface area contributed by atoms with Crippen LogP contribution in [0, 0.1) is 0 Å². The summed E-state index contributed by atoms with van der Waals surface area (Å²) in [6, 6.07) is 0.964. The van der Waals surface area contributed by atoms with E-state index >= 15 is 0 Å². The van der Waals surface area contributed by atoms with E-state index in [-0.39, 0.29) is 6.42 Å². The molecule has 2 heterocycles. The number of aromatic nitrogens is 2. The van der Waals surface area contributed by atoms with E-state index in [1.807, 2.05) is 4.98 Å². The molecule has 1 saturated heterocycles. The Balaban J connectivity index is 1.89. The van der Waals surface area contributed by atoms with Crippen LogP contribution in [0.25, 0.3) is 0 Å². The number of phosphoric ester groups is 2. The number of carbonyl (C=O) groups is 1. The first-order valence-corrected chi connectivity index (χ1v) is 13.1. The number of aromatic amines is 1. The molecule has 1 aromatic rings. The van der Waals surface area contributed by atoms with Gasteiger partial charge in [0.1, 0.15) is 18.3 Å². The van der Waals surface area contributed by atoms with Gasteiger partial charge in [0.05, 0.1) is 6.61 Å². The van der Waals surface area contributed by atoms with Crippen LogP contribution in [0.2, 0.25) is 0 Å². The average Bonchev–Trinajstić information content (AvgIpc) is 2.99. The lowest BCUT2D eigenvalue weighted by Gasteiger charge is -2.19. The minimum Gasteiger partial charge on any atom is -0.387 e. The van der Waals surface area contributed by atoms with Crippen molar-refractivity contribution < 1.29 is 52.0 Å². The molecule has 0 bridgehead atoms. The number of H-pyrrole nitrogens is 1. The van der Waals surface area contributed by atoms with Crippen LogP contribution >= 0.6 is 15.6 Å². The Kier molecular flexibility index (Phi) is 10.3. The Bertz CT molecular complexity index is 1040. The summed E-state index contributed by atoms with van der Waals surface area (Å²) in [5.74, 6) is -1.12. The lowest BCUT2D eigenvalue weighted by molar-refractivity contribution is -0.135. The molecule has 6 atom stereocenters. The third kappa shape index (κ3) is 8.50. The topological polar surface area (TPSA) is 236 Å². The van der Waals surface area contributed by atoms with Gasteiger partial charge in [-0.3, -0.25) is 28.6 Å². The Labute approximate surface area is 192 Å². The molecule has 0 aliphatic carbocycles. The van der Waals surface area contributed by atoms with Crippen molar-refractivity contribution in [3.8, 4) is 0 Å². The van der Waals surface area contributed by atoms with E-state index in [0.717, 1.165) is 29.8 Å². The van der Waals surface area contributed by atoms with Gasteiger partial charge in [0.2, 0.25) is 0 Å². The SMILES string of the molecule is CNCCCCCC(=O)OP(=O)(O)OP(=O)(O)OC[C@H]1O[C@@H](n2ccc(=O)[nH]c2=O)[C@@H](O)C1O. The van der Waals surface area contributed by atoms with Gasteiger partial charge in [-0.05, 0) is 26.4 Å². The van der Waals surface area contributed by atoms with E-state index in [9.17, 15) is 43.5 Å².